The Morgan fingerprint density at radius 2 is 2.12 bits per heavy atom. The predicted octanol–water partition coefficient (Wildman–Crippen LogP) is -0.261. The molecular weight excluding hydrogens is 210 g/mol. The van der Waals surface area contributed by atoms with Crippen molar-refractivity contribution in [2.75, 3.05) is 0 Å². The van der Waals surface area contributed by atoms with Gasteiger partial charge in [-0.05, 0) is 0 Å². The van der Waals surface area contributed by atoms with E-state index in [4.69, 9.17) is 0 Å². The maximum absolute atomic E-state index is 9.59. The summed E-state index contributed by atoms with van der Waals surface area (Å²) in [4.78, 5) is 22.1. The van der Waals surface area contributed by atoms with E-state index in [2.05, 4.69) is 4.84 Å². The fourth-order valence-electron chi connectivity index (χ4n) is 0.105. The first-order valence-electron chi connectivity index (χ1n) is 1.46. The van der Waals surface area contributed by atoms with Gasteiger partial charge in [0.25, 0.3) is 0 Å². The number of rotatable bonds is 1. The smallest absolute Gasteiger partial charge is 0.269 e. The molecule has 0 saturated carbocycles. The SMILES string of the molecule is CC(=O)O[N+](=O)[O-].[Ag]. The number of carbonyl (C=O) groups is 1. The second-order valence-electron chi connectivity index (χ2n) is 0.806. The second-order valence-corrected chi connectivity index (χ2v) is 0.806. The fraction of sp³-hybridized carbons (Fsp3) is 0.500. The number of carbonyl (C=O) groups excluding carboxylic acids is 1. The van der Waals surface area contributed by atoms with Crippen molar-refractivity contribution >= 4 is 5.97 Å². The summed E-state index contributed by atoms with van der Waals surface area (Å²) in [6.07, 6.45) is 0. The minimum atomic E-state index is -1.15. The molecule has 0 aliphatic heterocycles. The van der Waals surface area contributed by atoms with Gasteiger partial charge in [0.2, 0.25) is 0 Å². The summed E-state index contributed by atoms with van der Waals surface area (Å²) in [5.41, 5.74) is 0. The van der Waals surface area contributed by atoms with E-state index < -0.39 is 11.1 Å². The van der Waals surface area contributed by atoms with Crippen molar-refractivity contribution < 1.29 is 37.1 Å². The molecule has 0 atom stereocenters. The summed E-state index contributed by atoms with van der Waals surface area (Å²) >= 11 is 0. The molecule has 1 radical (unpaired) electrons. The van der Waals surface area contributed by atoms with Gasteiger partial charge in [-0.2, -0.15) is 0 Å². The Morgan fingerprint density at radius 1 is 1.75 bits per heavy atom. The van der Waals surface area contributed by atoms with Crippen LogP contribution in [0.5, 0.6) is 0 Å². The molecule has 0 aliphatic carbocycles. The van der Waals surface area contributed by atoms with E-state index in [1.165, 1.54) is 0 Å². The number of hydrogen-bond acceptors (Lipinski definition) is 4. The van der Waals surface area contributed by atoms with Crippen molar-refractivity contribution in [1.82, 2.24) is 0 Å². The monoisotopic (exact) mass is 212 g/mol. The molecule has 0 N–H and O–H groups in total. The zero-order chi connectivity index (χ0) is 5.86. The summed E-state index contributed by atoms with van der Waals surface area (Å²) < 4.78 is 0. The van der Waals surface area contributed by atoms with Crippen LogP contribution >= 0.6 is 0 Å². The van der Waals surface area contributed by atoms with Crippen molar-refractivity contribution in [2.24, 2.45) is 0 Å². The van der Waals surface area contributed by atoms with Crippen molar-refractivity contribution in [1.29, 1.82) is 0 Å². The zero-order valence-corrected chi connectivity index (χ0v) is 5.36. The van der Waals surface area contributed by atoms with Crippen LogP contribution in [0.1, 0.15) is 6.92 Å². The molecule has 0 aromatic heterocycles. The van der Waals surface area contributed by atoms with Crippen LogP contribution < -0.4 is 0 Å². The quantitative estimate of drug-likeness (QED) is 0.341. The molecule has 6 heteroatoms. The van der Waals surface area contributed by atoms with Crippen LogP contribution in [0, 0.1) is 10.1 Å². The van der Waals surface area contributed by atoms with Gasteiger partial charge in [0.1, 0.15) is 0 Å². The molecule has 8 heavy (non-hydrogen) atoms. The summed E-state index contributed by atoms with van der Waals surface area (Å²) in [6, 6.07) is 0. The van der Waals surface area contributed by atoms with Crippen LogP contribution in [-0.4, -0.2) is 11.1 Å². The largest absolute Gasteiger partial charge is 0.302 e. The van der Waals surface area contributed by atoms with Gasteiger partial charge in [-0.25, -0.2) is 4.84 Å². The second kappa shape index (κ2) is 4.76. The van der Waals surface area contributed by atoms with Gasteiger partial charge in [-0.3, -0.25) is 4.79 Å². The minimum absolute atomic E-state index is 0. The molecule has 0 amide bonds. The van der Waals surface area contributed by atoms with Crippen molar-refractivity contribution in [2.45, 2.75) is 6.92 Å². The summed E-state index contributed by atoms with van der Waals surface area (Å²) in [6.45, 7) is 0.961. The van der Waals surface area contributed by atoms with Crippen molar-refractivity contribution in [3.8, 4) is 0 Å². The van der Waals surface area contributed by atoms with Crippen LogP contribution in [0.4, 0.5) is 0 Å². The van der Waals surface area contributed by atoms with Crippen LogP contribution in [0.2, 0.25) is 0 Å². The molecule has 0 saturated heterocycles. The number of nitrogens with zero attached hydrogens (tertiary/aromatic N) is 1. The van der Waals surface area contributed by atoms with Gasteiger partial charge in [0.05, 0.1) is 0 Å². The maximum Gasteiger partial charge on any atom is 0.302 e. The van der Waals surface area contributed by atoms with Gasteiger partial charge >= 0.3 is 11.1 Å². The third-order valence-corrected chi connectivity index (χ3v) is 0.203. The molecule has 0 spiro atoms. The summed E-state index contributed by atoms with van der Waals surface area (Å²) in [5, 5.41) is 8.02. The molecule has 0 aliphatic rings. The zero-order valence-electron chi connectivity index (χ0n) is 3.88. The van der Waals surface area contributed by atoms with Gasteiger partial charge in [0, 0.05) is 29.3 Å². The molecule has 0 bridgehead atoms. The van der Waals surface area contributed by atoms with Crippen LogP contribution in [0.15, 0.2) is 0 Å². The first-order chi connectivity index (χ1) is 3.13. The van der Waals surface area contributed by atoms with Crippen molar-refractivity contribution in [3.05, 3.63) is 10.1 Å². The molecule has 0 aromatic carbocycles. The van der Waals surface area contributed by atoms with Crippen LogP contribution in [0.25, 0.3) is 0 Å². The third-order valence-electron chi connectivity index (χ3n) is 0.203. The molecule has 0 heterocycles. The Hall–Kier alpha value is -0.390. The third kappa shape index (κ3) is 9.15. The van der Waals surface area contributed by atoms with Gasteiger partial charge in [-0.1, -0.05) is 0 Å². The van der Waals surface area contributed by atoms with Gasteiger partial charge < -0.3 is 0 Å². The normalized spacial score (nSPS) is 6.62. The summed E-state index contributed by atoms with van der Waals surface area (Å²) in [5.74, 6) is -0.912. The molecule has 51 valence electrons. The van der Waals surface area contributed by atoms with Crippen molar-refractivity contribution in [3.63, 3.8) is 0 Å². The fourth-order valence-corrected chi connectivity index (χ4v) is 0.105. The summed E-state index contributed by atoms with van der Waals surface area (Å²) in [7, 11) is 0. The maximum atomic E-state index is 9.59. The van der Waals surface area contributed by atoms with E-state index in [0.717, 1.165) is 6.92 Å². The average Bonchev–Trinajstić information content (AvgIpc) is 1.27. The van der Waals surface area contributed by atoms with E-state index in [1.807, 2.05) is 0 Å². The molecule has 0 unspecified atom stereocenters. The Kier molecular flexibility index (Phi) is 6.29. The molecule has 0 aromatic rings. The Labute approximate surface area is 60.6 Å². The van der Waals surface area contributed by atoms with Gasteiger partial charge in [-0.15, -0.1) is 10.1 Å². The molecule has 0 rings (SSSR count). The Bertz CT molecular complexity index is 90.2. The minimum Gasteiger partial charge on any atom is -0.269 e. The topological polar surface area (TPSA) is 69.4 Å². The van der Waals surface area contributed by atoms with Crippen LogP contribution in [-0.2, 0) is 32.0 Å². The van der Waals surface area contributed by atoms with E-state index in [9.17, 15) is 14.9 Å². The van der Waals surface area contributed by atoms with Crippen LogP contribution in [0.3, 0.4) is 0 Å². The molecular formula is C2H3AgNO4. The first kappa shape index (κ1) is 10.6. The first-order valence-corrected chi connectivity index (χ1v) is 1.46. The van der Waals surface area contributed by atoms with E-state index >= 15 is 0 Å². The number of hydrogen-bond donors (Lipinski definition) is 0. The van der Waals surface area contributed by atoms with E-state index in [-0.39, 0.29) is 22.4 Å². The van der Waals surface area contributed by atoms with E-state index in [1.54, 1.807) is 0 Å². The van der Waals surface area contributed by atoms with Gasteiger partial charge in [0.15, 0.2) is 0 Å². The Morgan fingerprint density at radius 3 is 2.12 bits per heavy atom. The standard InChI is InChI=1S/C2H3NO4.Ag/c1-2(4)7-3(5)6;/h1H3;. The average molecular weight is 213 g/mol. The van der Waals surface area contributed by atoms with E-state index in [0.29, 0.717) is 0 Å². The Balaban J connectivity index is 0. The predicted molar refractivity (Wildman–Crippen MR) is 18.8 cm³/mol. The molecule has 5 nitrogen and oxygen atoms in total. The molecule has 0 fully saturated rings.